The molecule has 0 aliphatic heterocycles. The number of rotatable bonds is 48. The number of aryl methyl sites for hydroxylation is 4. The Kier molecular flexibility index (Phi) is 52.9. The fraction of sp³-hybridized carbons (Fsp3) is 0.667. The van der Waals surface area contributed by atoms with Crippen molar-refractivity contribution in [3.63, 3.8) is 0 Å². The van der Waals surface area contributed by atoms with Gasteiger partial charge in [0.1, 0.15) is 40.5 Å². The van der Waals surface area contributed by atoms with E-state index in [1.54, 1.807) is 72.8 Å². The molecular formula is C72H116O12S4W. The molecular weight excluding hydrogens is 1370 g/mol. The maximum absolute atomic E-state index is 11.2. The van der Waals surface area contributed by atoms with Gasteiger partial charge in [0.05, 0.1) is 19.6 Å². The van der Waals surface area contributed by atoms with Crippen LogP contribution in [0.5, 0.6) is 0 Å². The van der Waals surface area contributed by atoms with Gasteiger partial charge in [-0.3, -0.25) is 0 Å². The summed E-state index contributed by atoms with van der Waals surface area (Å²) in [4.78, 5) is -0.200. The second-order valence-electron chi connectivity index (χ2n) is 24.0. The molecule has 0 aromatic heterocycles. The van der Waals surface area contributed by atoms with Gasteiger partial charge in [0.2, 0.25) is 0 Å². The number of hydrogen-bond donors (Lipinski definition) is 0. The van der Waals surface area contributed by atoms with Crippen molar-refractivity contribution in [2.24, 2.45) is 0 Å². The van der Waals surface area contributed by atoms with Gasteiger partial charge in [-0.1, -0.05) is 332 Å². The monoisotopic (exact) mass is 1480 g/mol. The average Bonchev–Trinajstić information content (AvgIpc) is 3.51. The summed E-state index contributed by atoms with van der Waals surface area (Å²) in [5.74, 6) is 0. The first-order chi connectivity index (χ1) is 42.2. The third-order valence-corrected chi connectivity index (χ3v) is 19.9. The molecule has 0 unspecified atom stereocenters. The molecule has 0 spiro atoms. The third-order valence-electron chi connectivity index (χ3n) is 16.2. The minimum atomic E-state index is -4.35. The van der Waals surface area contributed by atoms with Crippen LogP contribution in [0.4, 0.5) is 0 Å². The van der Waals surface area contributed by atoms with Crippen LogP contribution < -0.4 is 0 Å². The summed E-state index contributed by atoms with van der Waals surface area (Å²) < 4.78 is 134. The molecule has 4 rings (SSSR count). The summed E-state index contributed by atoms with van der Waals surface area (Å²) in [7, 11) is -17.4. The van der Waals surface area contributed by atoms with E-state index in [4.69, 9.17) is 0 Å². The van der Waals surface area contributed by atoms with Gasteiger partial charge in [0.15, 0.2) is 0 Å². The zero-order valence-corrected chi connectivity index (χ0v) is 61.5. The second kappa shape index (κ2) is 54.6. The molecule has 0 bridgehead atoms. The van der Waals surface area contributed by atoms with Crippen LogP contribution in [-0.2, 0) is 87.2 Å². The van der Waals surface area contributed by atoms with Crippen LogP contribution in [0.3, 0.4) is 0 Å². The fourth-order valence-electron chi connectivity index (χ4n) is 11.0. The summed E-state index contributed by atoms with van der Waals surface area (Å²) in [5, 5.41) is 0. The number of hydrogen-bond acceptors (Lipinski definition) is 12. The first-order valence-electron chi connectivity index (χ1n) is 34.4. The van der Waals surface area contributed by atoms with Gasteiger partial charge in [-0.2, -0.15) is 0 Å². The van der Waals surface area contributed by atoms with Crippen molar-refractivity contribution in [2.75, 3.05) is 0 Å². The van der Waals surface area contributed by atoms with Crippen LogP contribution >= 0.6 is 0 Å². The van der Waals surface area contributed by atoms with Crippen molar-refractivity contribution in [1.82, 2.24) is 0 Å². The van der Waals surface area contributed by atoms with Crippen LogP contribution in [0, 0.1) is 0 Å². The zero-order valence-electron chi connectivity index (χ0n) is 55.3. The summed E-state index contributed by atoms with van der Waals surface area (Å²) >= 11 is 0. The van der Waals surface area contributed by atoms with Gasteiger partial charge >= 0.3 is 21.1 Å². The Labute approximate surface area is 558 Å². The molecule has 0 saturated heterocycles. The number of benzene rings is 4. The quantitative estimate of drug-likeness (QED) is 0.0297. The zero-order chi connectivity index (χ0) is 65.0. The molecule has 12 nitrogen and oxygen atoms in total. The molecule has 0 aliphatic rings. The molecule has 89 heavy (non-hydrogen) atoms. The van der Waals surface area contributed by atoms with E-state index >= 15 is 0 Å². The third kappa shape index (κ3) is 46.0. The molecule has 17 heteroatoms. The van der Waals surface area contributed by atoms with E-state index in [9.17, 15) is 51.9 Å². The van der Waals surface area contributed by atoms with E-state index in [-0.39, 0.29) is 40.6 Å². The van der Waals surface area contributed by atoms with E-state index in [1.807, 2.05) is 0 Å². The second-order valence-corrected chi connectivity index (χ2v) is 29.4. The molecule has 4 aromatic rings. The summed E-state index contributed by atoms with van der Waals surface area (Å²) in [6.45, 7) is 8.93. The molecule has 0 amide bonds. The van der Waals surface area contributed by atoms with E-state index in [0.29, 0.717) is 47.9 Å². The van der Waals surface area contributed by atoms with Crippen LogP contribution in [0.1, 0.15) is 307 Å². The van der Waals surface area contributed by atoms with Crippen molar-refractivity contribution in [3.8, 4) is 0 Å². The molecule has 0 aliphatic carbocycles. The average molecular weight is 1490 g/mol. The first kappa shape index (κ1) is 86.2. The maximum atomic E-state index is 11.2. The number of unbranched alkanes of at least 4 members (excludes halogenated alkanes) is 36. The predicted molar refractivity (Wildman–Crippen MR) is 360 cm³/mol. The van der Waals surface area contributed by atoms with Gasteiger partial charge in [-0.15, -0.1) is 0 Å². The molecule has 0 N–H and O–H groups in total. The Balaban J connectivity index is 0.00000116. The van der Waals surface area contributed by atoms with E-state index in [2.05, 4.69) is 27.7 Å². The van der Waals surface area contributed by atoms with Crippen LogP contribution in [-0.4, -0.2) is 51.9 Å². The Hall–Kier alpha value is -2.79. The van der Waals surface area contributed by atoms with Gasteiger partial charge in [0, 0.05) is 0 Å². The Bertz CT molecular complexity index is 2430. The molecule has 0 saturated carbocycles. The molecule has 0 radical (unpaired) electrons. The Morgan fingerprint density at radius 3 is 0.472 bits per heavy atom. The summed E-state index contributed by atoms with van der Waals surface area (Å²) in [6.07, 6.45) is 52.6. The SMILES string of the molecule is CCCCCCCCCCCCc1ccccc1S(=O)(=O)[O-].CCCCCCCCCCCCc1ccccc1S(=O)(=O)[O-].CCCCCCCCCCCCc1ccccc1S(=O)(=O)[O-].CCCCCCCCCCCCc1ccccc1S(=O)(=O)[O-].[W+4]. The van der Waals surface area contributed by atoms with Crippen molar-refractivity contribution < 1.29 is 72.9 Å². The van der Waals surface area contributed by atoms with E-state index < -0.39 is 40.5 Å². The largest absolute Gasteiger partial charge is 4.00 e. The Morgan fingerprint density at radius 1 is 0.213 bits per heavy atom. The van der Waals surface area contributed by atoms with Gasteiger partial charge in [-0.05, 0) is 97.9 Å². The van der Waals surface area contributed by atoms with Gasteiger partial charge in [0.25, 0.3) is 0 Å². The fourth-order valence-corrected chi connectivity index (χ4v) is 14.0. The smallest absolute Gasteiger partial charge is 0.744 e. The molecule has 4 aromatic carbocycles. The van der Waals surface area contributed by atoms with Gasteiger partial charge in [-0.25, -0.2) is 33.7 Å². The van der Waals surface area contributed by atoms with Crippen LogP contribution in [0.15, 0.2) is 117 Å². The molecule has 0 heterocycles. The molecule has 0 atom stereocenters. The van der Waals surface area contributed by atoms with Crippen molar-refractivity contribution in [3.05, 3.63) is 119 Å². The topological polar surface area (TPSA) is 229 Å². The minimum Gasteiger partial charge on any atom is -0.744 e. The molecule has 506 valence electrons. The van der Waals surface area contributed by atoms with Crippen LogP contribution in [0.25, 0.3) is 0 Å². The minimum absolute atomic E-state index is 0. The van der Waals surface area contributed by atoms with E-state index in [0.717, 1.165) is 51.4 Å². The first-order valence-corrected chi connectivity index (χ1v) is 40.0. The normalized spacial score (nSPS) is 11.6. The van der Waals surface area contributed by atoms with Crippen LogP contribution in [0.2, 0.25) is 0 Å². The maximum Gasteiger partial charge on any atom is 4.00 e. The molecule has 0 fully saturated rings. The van der Waals surface area contributed by atoms with E-state index in [1.165, 1.54) is 230 Å². The Morgan fingerprint density at radius 2 is 0.337 bits per heavy atom. The standard InChI is InChI=1S/4C18H30O3S.W/c4*1-2-3-4-5-6-7-8-9-10-11-14-17-15-12-13-16-18(17)22(19,20)21;/h4*12-13,15-16H,2-11,14H2,1H3,(H,19,20,21);/q;;;;+4/p-4. The van der Waals surface area contributed by atoms with Crippen molar-refractivity contribution in [1.29, 1.82) is 0 Å². The summed E-state index contributed by atoms with van der Waals surface area (Å²) in [6, 6.07) is 26.2. The van der Waals surface area contributed by atoms with Gasteiger partial charge < -0.3 is 18.2 Å². The van der Waals surface area contributed by atoms with Crippen molar-refractivity contribution in [2.45, 2.75) is 330 Å². The summed E-state index contributed by atoms with van der Waals surface area (Å²) in [5.41, 5.74) is 2.66. The van der Waals surface area contributed by atoms with Crippen molar-refractivity contribution >= 4 is 40.5 Å². The predicted octanol–water partition coefficient (Wildman–Crippen LogP) is 20.2.